The van der Waals surface area contributed by atoms with Gasteiger partial charge in [0.2, 0.25) is 0 Å². The van der Waals surface area contributed by atoms with E-state index in [-0.39, 0.29) is 0 Å². The summed E-state index contributed by atoms with van der Waals surface area (Å²) in [6.45, 7) is 2.88. The van der Waals surface area contributed by atoms with E-state index in [9.17, 15) is 0 Å². The molecule has 3 heteroatoms. The van der Waals surface area contributed by atoms with Crippen molar-refractivity contribution in [1.29, 1.82) is 0 Å². The van der Waals surface area contributed by atoms with Gasteiger partial charge in [-0.2, -0.15) is 5.10 Å². The van der Waals surface area contributed by atoms with Gasteiger partial charge in [0.1, 0.15) is 0 Å². The second-order valence-electron chi connectivity index (χ2n) is 4.56. The molecule has 18 heavy (non-hydrogen) atoms. The van der Waals surface area contributed by atoms with Crippen LogP contribution >= 0.6 is 0 Å². The van der Waals surface area contributed by atoms with Crippen LogP contribution in [0.3, 0.4) is 0 Å². The van der Waals surface area contributed by atoms with E-state index in [1.165, 1.54) is 5.56 Å². The van der Waals surface area contributed by atoms with E-state index in [2.05, 4.69) is 58.7 Å². The third kappa shape index (κ3) is 2.45. The Bertz CT molecular complexity index is 528. The smallest absolute Gasteiger partial charge is 0.150 e. The summed E-state index contributed by atoms with van der Waals surface area (Å²) in [6.07, 6.45) is 7.61. The minimum Gasteiger partial charge on any atom is -0.351 e. The molecule has 0 spiro atoms. The van der Waals surface area contributed by atoms with E-state index in [4.69, 9.17) is 0 Å². The van der Waals surface area contributed by atoms with Gasteiger partial charge in [-0.15, -0.1) is 0 Å². The molecule has 0 bridgehead atoms. The number of nitrogens with zero attached hydrogens (tertiary/aromatic N) is 3. The summed E-state index contributed by atoms with van der Waals surface area (Å²) in [7, 11) is 0. The van der Waals surface area contributed by atoms with Crippen LogP contribution in [0.15, 0.2) is 54.7 Å². The average Bonchev–Trinajstić information content (AvgIpc) is 2.89. The molecule has 92 valence electrons. The quantitative estimate of drug-likeness (QED) is 0.768. The number of hydrogen-bond acceptors (Lipinski definition) is 2. The lowest BCUT2D eigenvalue weighted by Crippen LogP contribution is -2.27. The van der Waals surface area contributed by atoms with Crippen LogP contribution in [0, 0.1) is 0 Å². The van der Waals surface area contributed by atoms with Crippen LogP contribution in [0.4, 0.5) is 5.82 Å². The fourth-order valence-electron chi connectivity index (χ4n) is 2.23. The molecule has 3 nitrogen and oxygen atoms in total. The molecule has 1 aliphatic rings. The monoisotopic (exact) mass is 239 g/mol. The summed E-state index contributed by atoms with van der Waals surface area (Å²) >= 11 is 0. The van der Waals surface area contributed by atoms with Crippen molar-refractivity contribution < 1.29 is 0 Å². The van der Waals surface area contributed by atoms with Crippen LogP contribution in [-0.2, 0) is 6.54 Å². The topological polar surface area (TPSA) is 21.1 Å². The fraction of sp³-hybridized carbons (Fsp3) is 0.267. The molecule has 3 rings (SSSR count). The first-order valence-corrected chi connectivity index (χ1v) is 6.39. The highest BCUT2D eigenvalue weighted by molar-refractivity contribution is 5.39. The Hall–Kier alpha value is -2.03. The third-order valence-corrected chi connectivity index (χ3v) is 3.20. The molecule has 0 fully saturated rings. The van der Waals surface area contributed by atoms with Gasteiger partial charge in [-0.3, -0.25) is 4.68 Å². The number of hydrogen-bond donors (Lipinski definition) is 0. The van der Waals surface area contributed by atoms with Gasteiger partial charge in [0.15, 0.2) is 5.82 Å². The second kappa shape index (κ2) is 5.08. The van der Waals surface area contributed by atoms with Crippen LogP contribution in [0.5, 0.6) is 0 Å². The summed E-state index contributed by atoms with van der Waals surface area (Å²) in [5, 5.41) is 4.64. The molecule has 0 unspecified atom stereocenters. The molecule has 2 aromatic rings. The fourth-order valence-corrected chi connectivity index (χ4v) is 2.23. The molecule has 1 aromatic carbocycles. The zero-order chi connectivity index (χ0) is 12.2. The summed E-state index contributed by atoms with van der Waals surface area (Å²) in [5.41, 5.74) is 1.28. The van der Waals surface area contributed by atoms with Crippen LogP contribution in [0.1, 0.15) is 12.0 Å². The van der Waals surface area contributed by atoms with Gasteiger partial charge in [-0.05, 0) is 12.0 Å². The molecule has 1 aromatic heterocycles. The first-order valence-electron chi connectivity index (χ1n) is 6.39. The van der Waals surface area contributed by atoms with Gasteiger partial charge in [-0.1, -0.05) is 42.5 Å². The van der Waals surface area contributed by atoms with Crippen LogP contribution < -0.4 is 4.90 Å². The number of benzene rings is 1. The summed E-state index contributed by atoms with van der Waals surface area (Å²) < 4.78 is 2.00. The van der Waals surface area contributed by atoms with Crippen molar-refractivity contribution in [2.75, 3.05) is 18.0 Å². The van der Waals surface area contributed by atoms with E-state index in [1.807, 2.05) is 10.7 Å². The molecule has 0 radical (unpaired) electrons. The summed E-state index contributed by atoms with van der Waals surface area (Å²) in [4.78, 5) is 2.31. The second-order valence-corrected chi connectivity index (χ2v) is 4.56. The Labute approximate surface area is 107 Å². The van der Waals surface area contributed by atoms with E-state index < -0.39 is 0 Å². The summed E-state index contributed by atoms with van der Waals surface area (Å²) in [5.74, 6) is 1.08. The standard InChI is InChI=1S/C15H17N3/c1-3-7-14(8-4-1)13-18-12-9-15(16-18)17-10-5-2-6-11-17/h1-5,7-9,12H,6,10-11,13H2. The van der Waals surface area contributed by atoms with Crippen molar-refractivity contribution >= 4 is 5.82 Å². The Morgan fingerprint density at radius 3 is 2.72 bits per heavy atom. The molecule has 0 saturated carbocycles. The minimum absolute atomic E-state index is 0.838. The number of aromatic nitrogens is 2. The maximum absolute atomic E-state index is 4.64. The van der Waals surface area contributed by atoms with Crippen LogP contribution in [0.25, 0.3) is 0 Å². The first kappa shape index (κ1) is 11.1. The maximum Gasteiger partial charge on any atom is 0.150 e. The number of anilines is 1. The van der Waals surface area contributed by atoms with Gasteiger partial charge < -0.3 is 4.90 Å². The Kier molecular flexibility index (Phi) is 3.13. The molecule has 0 N–H and O–H groups in total. The normalized spacial score (nSPS) is 15.0. The van der Waals surface area contributed by atoms with Gasteiger partial charge in [-0.25, -0.2) is 0 Å². The van der Waals surface area contributed by atoms with Gasteiger partial charge in [0.05, 0.1) is 6.54 Å². The van der Waals surface area contributed by atoms with Crippen molar-refractivity contribution in [3.8, 4) is 0 Å². The lowest BCUT2D eigenvalue weighted by atomic mass is 10.2. The Morgan fingerprint density at radius 1 is 1.06 bits per heavy atom. The van der Waals surface area contributed by atoms with Crippen molar-refractivity contribution in [2.24, 2.45) is 0 Å². The van der Waals surface area contributed by atoms with E-state index >= 15 is 0 Å². The predicted octanol–water partition coefficient (Wildman–Crippen LogP) is 2.70. The van der Waals surface area contributed by atoms with Gasteiger partial charge >= 0.3 is 0 Å². The SMILES string of the molecule is C1=CCN(c2ccn(Cc3ccccc3)n2)CC1. The van der Waals surface area contributed by atoms with Crippen LogP contribution in [0.2, 0.25) is 0 Å². The molecule has 0 atom stereocenters. The molecule has 0 saturated heterocycles. The van der Waals surface area contributed by atoms with E-state index in [0.29, 0.717) is 0 Å². The van der Waals surface area contributed by atoms with Crippen molar-refractivity contribution in [3.05, 3.63) is 60.3 Å². The Morgan fingerprint density at radius 2 is 1.94 bits per heavy atom. The van der Waals surface area contributed by atoms with Crippen molar-refractivity contribution in [3.63, 3.8) is 0 Å². The maximum atomic E-state index is 4.64. The average molecular weight is 239 g/mol. The largest absolute Gasteiger partial charge is 0.351 e. The Balaban J connectivity index is 1.71. The molecule has 1 aliphatic heterocycles. The third-order valence-electron chi connectivity index (χ3n) is 3.20. The molecular formula is C15H17N3. The van der Waals surface area contributed by atoms with Crippen molar-refractivity contribution in [1.82, 2.24) is 9.78 Å². The number of rotatable bonds is 3. The highest BCUT2D eigenvalue weighted by Gasteiger charge is 2.10. The van der Waals surface area contributed by atoms with Crippen molar-refractivity contribution in [2.45, 2.75) is 13.0 Å². The zero-order valence-electron chi connectivity index (χ0n) is 10.4. The van der Waals surface area contributed by atoms with E-state index in [0.717, 1.165) is 31.9 Å². The predicted molar refractivity (Wildman–Crippen MR) is 73.7 cm³/mol. The summed E-state index contributed by atoms with van der Waals surface area (Å²) in [6, 6.07) is 12.5. The molecule has 0 amide bonds. The molecule has 0 aliphatic carbocycles. The first-order chi connectivity index (χ1) is 8.92. The molecular weight excluding hydrogens is 222 g/mol. The highest BCUT2D eigenvalue weighted by Crippen LogP contribution is 2.14. The highest BCUT2D eigenvalue weighted by atomic mass is 15.3. The minimum atomic E-state index is 0.838. The molecule has 2 heterocycles. The van der Waals surface area contributed by atoms with Crippen LogP contribution in [-0.4, -0.2) is 22.9 Å². The van der Waals surface area contributed by atoms with Gasteiger partial charge in [0.25, 0.3) is 0 Å². The zero-order valence-corrected chi connectivity index (χ0v) is 10.4. The van der Waals surface area contributed by atoms with Gasteiger partial charge in [0, 0.05) is 25.4 Å². The lowest BCUT2D eigenvalue weighted by Gasteiger charge is -2.22. The lowest BCUT2D eigenvalue weighted by molar-refractivity contribution is 0.675. The van der Waals surface area contributed by atoms with E-state index in [1.54, 1.807) is 0 Å².